The second-order valence-corrected chi connectivity index (χ2v) is 9.61. The highest BCUT2D eigenvalue weighted by molar-refractivity contribution is 5.87. The normalized spacial score (nSPS) is 19.0. The SMILES string of the molecule is CCC(CC)(NC(=O)CC1CCCC1NC(=O)OCC1c2ccccc2-c2ccccc21)C(=O)O. The van der Waals surface area contributed by atoms with E-state index in [1.54, 1.807) is 13.8 Å². The van der Waals surface area contributed by atoms with E-state index in [1.165, 1.54) is 11.1 Å². The van der Waals surface area contributed by atoms with E-state index in [4.69, 9.17) is 4.74 Å². The Morgan fingerprint density at radius 2 is 1.57 bits per heavy atom. The molecule has 0 aliphatic heterocycles. The number of carboxylic acids is 1. The van der Waals surface area contributed by atoms with Crippen LogP contribution in [0.5, 0.6) is 0 Å². The van der Waals surface area contributed by atoms with Gasteiger partial charge in [0.1, 0.15) is 12.1 Å². The molecule has 0 aromatic heterocycles. The molecule has 2 amide bonds. The largest absolute Gasteiger partial charge is 0.480 e. The second kappa shape index (κ2) is 10.5. The van der Waals surface area contributed by atoms with Crippen LogP contribution in [0.25, 0.3) is 11.1 Å². The number of hydrogen-bond acceptors (Lipinski definition) is 4. The lowest BCUT2D eigenvalue weighted by atomic mass is 9.91. The Kier molecular flexibility index (Phi) is 7.43. The fraction of sp³-hybridized carbons (Fsp3) is 0.464. The van der Waals surface area contributed by atoms with Crippen LogP contribution in [0.2, 0.25) is 0 Å². The number of alkyl carbamates (subject to hydrolysis) is 1. The van der Waals surface area contributed by atoms with Gasteiger partial charge in [0.25, 0.3) is 0 Å². The van der Waals surface area contributed by atoms with Crippen LogP contribution < -0.4 is 10.6 Å². The summed E-state index contributed by atoms with van der Waals surface area (Å²) < 4.78 is 5.67. The van der Waals surface area contributed by atoms with Crippen LogP contribution in [0.4, 0.5) is 4.79 Å². The number of aliphatic carboxylic acids is 1. The molecule has 186 valence electrons. The van der Waals surface area contributed by atoms with E-state index in [0.717, 1.165) is 30.4 Å². The number of nitrogens with one attached hydrogen (secondary N) is 2. The first-order chi connectivity index (χ1) is 16.9. The molecule has 4 rings (SSSR count). The summed E-state index contributed by atoms with van der Waals surface area (Å²) in [6.07, 6.45) is 2.81. The number of carbonyl (C=O) groups excluding carboxylic acids is 2. The van der Waals surface area contributed by atoms with Gasteiger partial charge in [0.15, 0.2) is 0 Å². The van der Waals surface area contributed by atoms with Crippen LogP contribution in [0, 0.1) is 5.92 Å². The van der Waals surface area contributed by atoms with E-state index in [0.29, 0.717) is 12.8 Å². The molecule has 7 heteroatoms. The molecule has 0 bridgehead atoms. The molecule has 2 atom stereocenters. The lowest BCUT2D eigenvalue weighted by Gasteiger charge is -2.29. The molecule has 0 saturated heterocycles. The first kappa shape index (κ1) is 24.8. The second-order valence-electron chi connectivity index (χ2n) is 9.61. The molecular formula is C28H34N2O5. The van der Waals surface area contributed by atoms with Crippen molar-refractivity contribution in [2.75, 3.05) is 6.61 Å². The Balaban J connectivity index is 1.34. The number of ether oxygens (including phenoxy) is 1. The van der Waals surface area contributed by atoms with Gasteiger partial charge in [0, 0.05) is 18.4 Å². The number of benzene rings is 2. The van der Waals surface area contributed by atoms with Crippen molar-refractivity contribution in [3.63, 3.8) is 0 Å². The van der Waals surface area contributed by atoms with Crippen molar-refractivity contribution in [2.45, 2.75) is 69.9 Å². The fourth-order valence-electron chi connectivity index (χ4n) is 5.60. The summed E-state index contributed by atoms with van der Waals surface area (Å²) in [6.45, 7) is 3.76. The van der Waals surface area contributed by atoms with E-state index in [2.05, 4.69) is 34.9 Å². The lowest BCUT2D eigenvalue weighted by Crippen LogP contribution is -2.54. The zero-order valence-corrected chi connectivity index (χ0v) is 20.4. The average molecular weight is 479 g/mol. The van der Waals surface area contributed by atoms with Crippen LogP contribution in [-0.2, 0) is 14.3 Å². The smallest absolute Gasteiger partial charge is 0.407 e. The number of carbonyl (C=O) groups is 3. The standard InChI is InChI=1S/C28H34N2O5/c1-3-28(4-2,26(32)33)30-25(31)16-18-10-9-15-24(18)29-27(34)35-17-23-21-13-7-5-11-19(21)20-12-6-8-14-22(20)23/h5-8,11-14,18,23-24H,3-4,9-10,15-17H2,1-2H3,(H,29,34)(H,30,31)(H,32,33). The number of amides is 2. The molecule has 2 aliphatic carbocycles. The van der Waals surface area contributed by atoms with Gasteiger partial charge in [-0.05, 0) is 53.9 Å². The molecule has 7 nitrogen and oxygen atoms in total. The predicted octanol–water partition coefficient (Wildman–Crippen LogP) is 4.84. The minimum atomic E-state index is -1.24. The van der Waals surface area contributed by atoms with Gasteiger partial charge in [-0.3, -0.25) is 4.79 Å². The van der Waals surface area contributed by atoms with E-state index >= 15 is 0 Å². The maximum atomic E-state index is 12.7. The molecule has 0 spiro atoms. The zero-order valence-electron chi connectivity index (χ0n) is 20.4. The van der Waals surface area contributed by atoms with Crippen molar-refractivity contribution < 1.29 is 24.2 Å². The highest BCUT2D eigenvalue weighted by Gasteiger charge is 2.38. The average Bonchev–Trinajstić information content (AvgIpc) is 3.42. The molecule has 1 saturated carbocycles. The molecule has 0 heterocycles. The van der Waals surface area contributed by atoms with Gasteiger partial charge >= 0.3 is 12.1 Å². The molecule has 2 aromatic carbocycles. The summed E-state index contributed by atoms with van der Waals surface area (Å²) in [5.41, 5.74) is 3.42. The van der Waals surface area contributed by atoms with Crippen LogP contribution in [-0.4, -0.2) is 41.3 Å². The summed E-state index contributed by atoms with van der Waals surface area (Å²) in [5.74, 6) is -1.36. The summed E-state index contributed by atoms with van der Waals surface area (Å²) in [5, 5.41) is 15.3. The summed E-state index contributed by atoms with van der Waals surface area (Å²) in [6, 6.07) is 16.2. The molecule has 2 aliphatic rings. The van der Waals surface area contributed by atoms with Gasteiger partial charge in [-0.25, -0.2) is 9.59 Å². The van der Waals surface area contributed by atoms with Gasteiger partial charge in [0.2, 0.25) is 5.91 Å². The third-order valence-electron chi connectivity index (χ3n) is 7.75. The van der Waals surface area contributed by atoms with E-state index < -0.39 is 17.6 Å². The monoisotopic (exact) mass is 478 g/mol. The van der Waals surface area contributed by atoms with E-state index in [9.17, 15) is 19.5 Å². The molecular weight excluding hydrogens is 444 g/mol. The van der Waals surface area contributed by atoms with Gasteiger partial charge in [0.05, 0.1) is 0 Å². The van der Waals surface area contributed by atoms with Crippen molar-refractivity contribution in [3.8, 4) is 11.1 Å². The van der Waals surface area contributed by atoms with E-state index in [1.807, 2.05) is 24.3 Å². The molecule has 3 N–H and O–H groups in total. The highest BCUT2D eigenvalue weighted by Crippen LogP contribution is 2.44. The van der Waals surface area contributed by atoms with Crippen molar-refractivity contribution in [1.82, 2.24) is 10.6 Å². The molecule has 0 radical (unpaired) electrons. The fourth-order valence-corrected chi connectivity index (χ4v) is 5.60. The van der Waals surface area contributed by atoms with Crippen LogP contribution in [0.1, 0.15) is 69.4 Å². The summed E-state index contributed by atoms with van der Waals surface area (Å²) >= 11 is 0. The Morgan fingerprint density at radius 3 is 2.14 bits per heavy atom. The van der Waals surface area contributed by atoms with Crippen LogP contribution in [0.3, 0.4) is 0 Å². The first-order valence-electron chi connectivity index (χ1n) is 12.5. The molecule has 2 aromatic rings. The lowest BCUT2D eigenvalue weighted by molar-refractivity contribution is -0.148. The Hall–Kier alpha value is -3.35. The Morgan fingerprint density at radius 1 is 0.971 bits per heavy atom. The van der Waals surface area contributed by atoms with Crippen molar-refractivity contribution in [1.29, 1.82) is 0 Å². The minimum absolute atomic E-state index is 0.00877. The Labute approximate surface area is 206 Å². The van der Waals surface area contributed by atoms with Crippen LogP contribution in [0.15, 0.2) is 48.5 Å². The third-order valence-corrected chi connectivity index (χ3v) is 7.75. The topological polar surface area (TPSA) is 105 Å². The Bertz CT molecular complexity index is 1050. The van der Waals surface area contributed by atoms with Gasteiger partial charge in [-0.1, -0.05) is 68.8 Å². The number of carboxylic acid groups (broad SMARTS) is 1. The molecule has 35 heavy (non-hydrogen) atoms. The quantitative estimate of drug-likeness (QED) is 0.478. The number of fused-ring (bicyclic) bond motifs is 3. The minimum Gasteiger partial charge on any atom is -0.480 e. The molecule has 1 fully saturated rings. The first-order valence-corrected chi connectivity index (χ1v) is 12.5. The molecule has 2 unspecified atom stereocenters. The van der Waals surface area contributed by atoms with Crippen molar-refractivity contribution >= 4 is 18.0 Å². The van der Waals surface area contributed by atoms with Crippen LogP contribution >= 0.6 is 0 Å². The van der Waals surface area contributed by atoms with Gasteiger partial charge in [-0.15, -0.1) is 0 Å². The van der Waals surface area contributed by atoms with Gasteiger partial charge < -0.3 is 20.5 Å². The van der Waals surface area contributed by atoms with Crippen molar-refractivity contribution in [3.05, 3.63) is 59.7 Å². The predicted molar refractivity (Wildman–Crippen MR) is 133 cm³/mol. The maximum Gasteiger partial charge on any atom is 0.407 e. The number of hydrogen-bond donors (Lipinski definition) is 3. The number of rotatable bonds is 9. The maximum absolute atomic E-state index is 12.7. The highest BCUT2D eigenvalue weighted by atomic mass is 16.5. The zero-order chi connectivity index (χ0) is 25.0. The summed E-state index contributed by atoms with van der Waals surface area (Å²) in [7, 11) is 0. The third kappa shape index (κ3) is 5.04. The summed E-state index contributed by atoms with van der Waals surface area (Å²) in [4.78, 5) is 37.1. The van der Waals surface area contributed by atoms with Gasteiger partial charge in [-0.2, -0.15) is 0 Å². The van der Waals surface area contributed by atoms with Crippen molar-refractivity contribution in [2.24, 2.45) is 5.92 Å². The van der Waals surface area contributed by atoms with E-state index in [-0.39, 0.29) is 36.8 Å².